The molecule has 5 nitrogen and oxygen atoms in total. The zero-order valence-corrected chi connectivity index (χ0v) is 17.8. The predicted octanol–water partition coefficient (Wildman–Crippen LogP) is 4.77. The van der Waals surface area contributed by atoms with Crippen molar-refractivity contribution < 1.29 is 0 Å². The van der Waals surface area contributed by atoms with Crippen LogP contribution in [0.2, 0.25) is 0 Å². The summed E-state index contributed by atoms with van der Waals surface area (Å²) in [6.45, 7) is 11.3. The molecule has 0 fully saturated rings. The van der Waals surface area contributed by atoms with E-state index in [1.807, 2.05) is 25.4 Å². The Morgan fingerprint density at radius 3 is 2.68 bits per heavy atom. The lowest BCUT2D eigenvalue weighted by Crippen LogP contribution is -2.36. The molecule has 0 bridgehead atoms. The Kier molecular flexibility index (Phi) is 8.18. The lowest BCUT2D eigenvalue weighted by Gasteiger charge is -2.31. The van der Waals surface area contributed by atoms with Crippen molar-refractivity contribution in [2.24, 2.45) is 16.6 Å². The first-order chi connectivity index (χ1) is 13.5. The maximum atomic E-state index is 6.35. The number of H-pyrrole nitrogens is 1. The van der Waals surface area contributed by atoms with Crippen LogP contribution in [0.5, 0.6) is 0 Å². The van der Waals surface area contributed by atoms with Gasteiger partial charge in [-0.15, -0.1) is 0 Å². The lowest BCUT2D eigenvalue weighted by molar-refractivity contribution is 0.331. The number of rotatable bonds is 10. The molecule has 4 N–H and O–H groups in total. The molecule has 0 aromatic carbocycles. The molecule has 1 aromatic rings. The molecule has 1 aromatic heterocycles. The van der Waals surface area contributed by atoms with Crippen LogP contribution in [0.25, 0.3) is 11.8 Å². The number of allylic oxidation sites excluding steroid dienone is 2. The zero-order valence-electron chi connectivity index (χ0n) is 17.8. The molecule has 0 unspecified atom stereocenters. The van der Waals surface area contributed by atoms with E-state index in [0.29, 0.717) is 11.8 Å². The largest absolute Gasteiger partial charge is 0.385 e. The van der Waals surface area contributed by atoms with Crippen LogP contribution in [0.4, 0.5) is 0 Å². The van der Waals surface area contributed by atoms with Crippen LogP contribution >= 0.6 is 0 Å². The van der Waals surface area contributed by atoms with Crippen LogP contribution in [0.15, 0.2) is 47.9 Å². The molecule has 0 radical (unpaired) electrons. The minimum absolute atomic E-state index is 0.536. The first kappa shape index (κ1) is 21.6. The fourth-order valence-electron chi connectivity index (χ4n) is 3.75. The number of aryl methyl sites for hydroxylation is 1. The number of hydrogen-bond donors (Lipinski definition) is 3. The Morgan fingerprint density at radius 2 is 2.07 bits per heavy atom. The molecule has 0 spiro atoms. The third kappa shape index (κ3) is 5.18. The van der Waals surface area contributed by atoms with Crippen molar-refractivity contribution in [1.82, 2.24) is 15.2 Å². The number of amidine groups is 1. The fourth-order valence-corrected chi connectivity index (χ4v) is 3.75. The third-order valence-corrected chi connectivity index (χ3v) is 5.05. The minimum atomic E-state index is 0.536. The maximum Gasteiger partial charge on any atom is 0.149 e. The van der Waals surface area contributed by atoms with Crippen LogP contribution in [0.1, 0.15) is 56.5 Å². The highest BCUT2D eigenvalue weighted by Gasteiger charge is 2.23. The van der Waals surface area contributed by atoms with Gasteiger partial charge in [0.05, 0.1) is 11.4 Å². The van der Waals surface area contributed by atoms with Gasteiger partial charge < -0.3 is 20.9 Å². The van der Waals surface area contributed by atoms with E-state index < -0.39 is 0 Å². The van der Waals surface area contributed by atoms with Crippen LogP contribution < -0.4 is 11.1 Å². The molecule has 0 aliphatic carbocycles. The van der Waals surface area contributed by atoms with Gasteiger partial charge in [0.1, 0.15) is 11.5 Å². The first-order valence-electron chi connectivity index (χ1n) is 10.2. The highest BCUT2D eigenvalue weighted by molar-refractivity contribution is 6.03. The normalized spacial score (nSPS) is 16.0. The van der Waals surface area contributed by atoms with Crippen molar-refractivity contribution >= 4 is 17.6 Å². The Morgan fingerprint density at radius 1 is 1.36 bits per heavy atom. The summed E-state index contributed by atoms with van der Waals surface area (Å²) in [5, 5.41) is 3.35. The summed E-state index contributed by atoms with van der Waals surface area (Å²) in [7, 11) is 1.93. The van der Waals surface area contributed by atoms with Crippen molar-refractivity contribution in [3.05, 3.63) is 59.8 Å². The minimum Gasteiger partial charge on any atom is -0.385 e. The molecule has 0 saturated carbocycles. The lowest BCUT2D eigenvalue weighted by atomic mass is 9.97. The van der Waals surface area contributed by atoms with Crippen molar-refractivity contribution in [1.29, 1.82) is 0 Å². The fraction of sp³-hybridized carbons (Fsp3) is 0.435. The summed E-state index contributed by atoms with van der Waals surface area (Å²) in [5.41, 5.74) is 11.5. The van der Waals surface area contributed by atoms with Gasteiger partial charge in [-0.1, -0.05) is 45.4 Å². The second-order valence-electron chi connectivity index (χ2n) is 7.26. The Balaban J connectivity index is 2.44. The number of aromatic amines is 1. The number of nitrogens with zero attached hydrogens (tertiary/aromatic N) is 2. The average molecular weight is 382 g/mol. The van der Waals surface area contributed by atoms with Gasteiger partial charge in [-0.25, -0.2) is 4.99 Å². The molecule has 1 aliphatic rings. The first-order valence-corrected chi connectivity index (χ1v) is 10.2. The van der Waals surface area contributed by atoms with Gasteiger partial charge in [-0.05, 0) is 43.4 Å². The van der Waals surface area contributed by atoms with Gasteiger partial charge in [0, 0.05) is 31.7 Å². The van der Waals surface area contributed by atoms with Crippen LogP contribution in [0.3, 0.4) is 0 Å². The highest BCUT2D eigenvalue weighted by atomic mass is 15.2. The van der Waals surface area contributed by atoms with E-state index in [2.05, 4.69) is 53.6 Å². The summed E-state index contributed by atoms with van der Waals surface area (Å²) >= 11 is 0. The maximum absolute atomic E-state index is 6.35. The summed E-state index contributed by atoms with van der Waals surface area (Å²) in [6, 6.07) is 2.14. The topological polar surface area (TPSA) is 69.4 Å². The summed E-state index contributed by atoms with van der Waals surface area (Å²) in [6.07, 6.45) is 14.4. The molecule has 0 saturated heterocycles. The Hall–Kier alpha value is -2.69. The van der Waals surface area contributed by atoms with E-state index in [9.17, 15) is 0 Å². The van der Waals surface area contributed by atoms with E-state index in [0.717, 1.165) is 29.3 Å². The van der Waals surface area contributed by atoms with Gasteiger partial charge in [0.15, 0.2) is 0 Å². The van der Waals surface area contributed by atoms with Gasteiger partial charge in [0.25, 0.3) is 0 Å². The zero-order chi connectivity index (χ0) is 20.5. The number of aromatic nitrogens is 1. The van der Waals surface area contributed by atoms with Gasteiger partial charge in [0.2, 0.25) is 0 Å². The van der Waals surface area contributed by atoms with Gasteiger partial charge in [-0.3, -0.25) is 0 Å². The standard InChI is InChI=1S/C23H35N5/c1-6-9-12-19-17(4)15-20(27-19)21(25-5)22-23(24)26-13-14-28(22)16-18(10-7-2)11-8-3/h6,9,12-15,18,25,27H,1,7-8,10-11,16H2,2-5H3,(H2,24,26)/b12-9-,22-21-. The average Bonchev–Trinajstić information content (AvgIpc) is 3.03. The Bertz CT molecular complexity index is 773. The molecule has 1 aliphatic heterocycles. The van der Waals surface area contributed by atoms with Crippen molar-refractivity contribution in [2.45, 2.75) is 46.5 Å². The van der Waals surface area contributed by atoms with E-state index in [1.165, 1.54) is 31.2 Å². The second kappa shape index (κ2) is 10.6. The molecule has 0 atom stereocenters. The number of nitrogens with two attached hydrogens (primary N) is 1. The van der Waals surface area contributed by atoms with Gasteiger partial charge in [-0.2, -0.15) is 0 Å². The quantitative estimate of drug-likeness (QED) is 0.511. The monoisotopic (exact) mass is 381 g/mol. The Labute approximate surface area is 169 Å². The number of nitrogens with one attached hydrogen (secondary N) is 2. The third-order valence-electron chi connectivity index (χ3n) is 5.05. The second-order valence-corrected chi connectivity index (χ2v) is 7.26. The van der Waals surface area contributed by atoms with Crippen LogP contribution in [0, 0.1) is 12.8 Å². The van der Waals surface area contributed by atoms with Crippen LogP contribution in [-0.2, 0) is 0 Å². The molecule has 0 amide bonds. The molecular formula is C23H35N5. The van der Waals surface area contributed by atoms with E-state index in [-0.39, 0.29) is 0 Å². The summed E-state index contributed by atoms with van der Waals surface area (Å²) in [4.78, 5) is 10.1. The van der Waals surface area contributed by atoms with Crippen molar-refractivity contribution in [3.63, 3.8) is 0 Å². The van der Waals surface area contributed by atoms with Crippen molar-refractivity contribution in [3.8, 4) is 0 Å². The van der Waals surface area contributed by atoms with Gasteiger partial charge >= 0.3 is 0 Å². The summed E-state index contributed by atoms with van der Waals surface area (Å²) < 4.78 is 0. The highest BCUT2D eigenvalue weighted by Crippen LogP contribution is 2.26. The number of hydrogen-bond acceptors (Lipinski definition) is 4. The smallest absolute Gasteiger partial charge is 0.149 e. The molecule has 2 heterocycles. The van der Waals surface area contributed by atoms with Crippen molar-refractivity contribution in [2.75, 3.05) is 13.6 Å². The van der Waals surface area contributed by atoms with E-state index in [4.69, 9.17) is 5.73 Å². The van der Waals surface area contributed by atoms with E-state index >= 15 is 0 Å². The SMILES string of the molecule is C=C/C=C\c1[nH]c(/C(NC)=C2\C(N)=NC=CN2CC(CCC)CCC)cc1C. The summed E-state index contributed by atoms with van der Waals surface area (Å²) in [5.74, 6) is 1.17. The number of aliphatic imine (C=N–C) groups is 1. The molecule has 152 valence electrons. The molecule has 28 heavy (non-hydrogen) atoms. The molecule has 5 heteroatoms. The molecular weight excluding hydrogens is 346 g/mol. The molecule has 2 rings (SSSR count). The predicted molar refractivity (Wildman–Crippen MR) is 122 cm³/mol. The van der Waals surface area contributed by atoms with Crippen LogP contribution in [-0.4, -0.2) is 29.3 Å². The van der Waals surface area contributed by atoms with E-state index in [1.54, 1.807) is 12.3 Å².